The van der Waals surface area contributed by atoms with Gasteiger partial charge in [-0.1, -0.05) is 0 Å². The Morgan fingerprint density at radius 3 is 2.59 bits per heavy atom. The van der Waals surface area contributed by atoms with Crippen LogP contribution in [0, 0.1) is 0 Å². The summed E-state index contributed by atoms with van der Waals surface area (Å²) in [5.74, 6) is 1.59. The normalized spacial score (nSPS) is 12.4. The zero-order chi connectivity index (χ0) is 12.3. The minimum atomic E-state index is 0.0899. The van der Waals surface area contributed by atoms with E-state index in [4.69, 9.17) is 4.74 Å². The van der Waals surface area contributed by atoms with Crippen molar-refractivity contribution in [3.8, 4) is 11.4 Å². The van der Waals surface area contributed by atoms with E-state index in [1.165, 1.54) is 0 Å². The van der Waals surface area contributed by atoms with Crippen LogP contribution < -0.4 is 10.1 Å². The Labute approximate surface area is 99.6 Å². The number of ether oxygens (including phenoxy) is 1. The first-order valence-electron chi connectivity index (χ1n) is 5.36. The van der Waals surface area contributed by atoms with Crippen LogP contribution in [-0.4, -0.2) is 34.4 Å². The van der Waals surface area contributed by atoms with Gasteiger partial charge in [-0.05, 0) is 48.7 Å². The standard InChI is InChI=1S/C11H15N5O/c1-8(12-2)11-13-14-15-16(11)9-4-6-10(17-3)7-5-9/h4-8,12H,1-3H3. The molecular weight excluding hydrogens is 218 g/mol. The molecule has 0 amide bonds. The highest BCUT2D eigenvalue weighted by molar-refractivity contribution is 5.37. The zero-order valence-corrected chi connectivity index (χ0v) is 10.1. The first-order chi connectivity index (χ1) is 8.26. The molecule has 6 heteroatoms. The van der Waals surface area contributed by atoms with Crippen molar-refractivity contribution in [2.75, 3.05) is 14.2 Å². The van der Waals surface area contributed by atoms with E-state index >= 15 is 0 Å². The van der Waals surface area contributed by atoms with Crippen LogP contribution in [-0.2, 0) is 0 Å². The fourth-order valence-electron chi connectivity index (χ4n) is 1.50. The molecule has 1 atom stereocenters. The smallest absolute Gasteiger partial charge is 0.173 e. The maximum absolute atomic E-state index is 5.11. The quantitative estimate of drug-likeness (QED) is 0.851. The fourth-order valence-corrected chi connectivity index (χ4v) is 1.50. The molecule has 17 heavy (non-hydrogen) atoms. The molecule has 1 unspecified atom stereocenters. The molecule has 0 aliphatic heterocycles. The summed E-state index contributed by atoms with van der Waals surface area (Å²) >= 11 is 0. The van der Waals surface area contributed by atoms with Gasteiger partial charge in [0.15, 0.2) is 5.82 Å². The van der Waals surface area contributed by atoms with Gasteiger partial charge in [-0.25, -0.2) is 0 Å². The third kappa shape index (κ3) is 2.26. The van der Waals surface area contributed by atoms with Crippen LogP contribution in [0.25, 0.3) is 5.69 Å². The second-order valence-corrected chi connectivity index (χ2v) is 3.66. The predicted octanol–water partition coefficient (Wildman–Crippen LogP) is 0.951. The molecule has 1 heterocycles. The Balaban J connectivity index is 2.35. The molecule has 1 aromatic carbocycles. The highest BCUT2D eigenvalue weighted by Gasteiger charge is 2.13. The molecule has 0 radical (unpaired) electrons. The van der Waals surface area contributed by atoms with E-state index in [2.05, 4.69) is 20.8 Å². The summed E-state index contributed by atoms with van der Waals surface area (Å²) in [6, 6.07) is 7.68. The van der Waals surface area contributed by atoms with Crippen molar-refractivity contribution in [1.82, 2.24) is 25.5 Å². The SMILES string of the molecule is CNC(C)c1nnnn1-c1ccc(OC)cc1. The van der Waals surface area contributed by atoms with Crippen molar-refractivity contribution in [3.63, 3.8) is 0 Å². The lowest BCUT2D eigenvalue weighted by Gasteiger charge is -2.10. The molecule has 2 rings (SSSR count). The van der Waals surface area contributed by atoms with Crippen molar-refractivity contribution in [2.45, 2.75) is 13.0 Å². The molecule has 90 valence electrons. The molecule has 1 N–H and O–H groups in total. The van der Waals surface area contributed by atoms with Gasteiger partial charge < -0.3 is 10.1 Å². The van der Waals surface area contributed by atoms with Crippen LogP contribution in [0.2, 0.25) is 0 Å². The van der Waals surface area contributed by atoms with Crippen LogP contribution in [0.3, 0.4) is 0 Å². The summed E-state index contributed by atoms with van der Waals surface area (Å²) < 4.78 is 6.82. The van der Waals surface area contributed by atoms with E-state index in [1.54, 1.807) is 11.8 Å². The van der Waals surface area contributed by atoms with Crippen molar-refractivity contribution < 1.29 is 4.74 Å². The summed E-state index contributed by atoms with van der Waals surface area (Å²) in [7, 11) is 3.51. The third-order valence-corrected chi connectivity index (χ3v) is 2.63. The summed E-state index contributed by atoms with van der Waals surface area (Å²) in [5.41, 5.74) is 0.910. The van der Waals surface area contributed by atoms with Crippen molar-refractivity contribution in [2.24, 2.45) is 0 Å². The Hall–Kier alpha value is -1.95. The molecule has 0 bridgehead atoms. The monoisotopic (exact) mass is 233 g/mol. The maximum Gasteiger partial charge on any atom is 0.173 e. The van der Waals surface area contributed by atoms with E-state index in [-0.39, 0.29) is 6.04 Å². The largest absolute Gasteiger partial charge is 0.497 e. The molecule has 0 spiro atoms. The highest BCUT2D eigenvalue weighted by atomic mass is 16.5. The number of methoxy groups -OCH3 is 1. The molecule has 0 saturated heterocycles. The van der Waals surface area contributed by atoms with E-state index in [9.17, 15) is 0 Å². The van der Waals surface area contributed by atoms with Crippen molar-refractivity contribution in [1.29, 1.82) is 0 Å². The number of hydrogen-bond acceptors (Lipinski definition) is 5. The number of hydrogen-bond donors (Lipinski definition) is 1. The maximum atomic E-state index is 5.11. The number of tetrazole rings is 1. The minimum Gasteiger partial charge on any atom is -0.497 e. The van der Waals surface area contributed by atoms with Gasteiger partial charge in [-0.15, -0.1) is 5.10 Å². The first-order valence-corrected chi connectivity index (χ1v) is 5.36. The van der Waals surface area contributed by atoms with Gasteiger partial charge in [0, 0.05) is 0 Å². The van der Waals surface area contributed by atoms with Crippen LogP contribution >= 0.6 is 0 Å². The van der Waals surface area contributed by atoms with E-state index in [0.717, 1.165) is 17.3 Å². The number of nitrogens with one attached hydrogen (secondary N) is 1. The second kappa shape index (κ2) is 4.92. The lowest BCUT2D eigenvalue weighted by molar-refractivity contribution is 0.414. The molecule has 0 fully saturated rings. The van der Waals surface area contributed by atoms with Gasteiger partial charge >= 0.3 is 0 Å². The Kier molecular flexibility index (Phi) is 3.34. The van der Waals surface area contributed by atoms with E-state index in [1.807, 2.05) is 38.2 Å². The van der Waals surface area contributed by atoms with Gasteiger partial charge in [0.1, 0.15) is 5.75 Å². The fraction of sp³-hybridized carbons (Fsp3) is 0.364. The number of rotatable bonds is 4. The number of benzene rings is 1. The van der Waals surface area contributed by atoms with Crippen molar-refractivity contribution >= 4 is 0 Å². The topological polar surface area (TPSA) is 64.9 Å². The summed E-state index contributed by atoms with van der Waals surface area (Å²) in [6.07, 6.45) is 0. The molecule has 0 aliphatic rings. The number of nitrogens with zero attached hydrogens (tertiary/aromatic N) is 4. The van der Waals surface area contributed by atoms with Crippen LogP contribution in [0.1, 0.15) is 18.8 Å². The lowest BCUT2D eigenvalue weighted by Crippen LogP contribution is -2.17. The summed E-state index contributed by atoms with van der Waals surface area (Å²) in [6.45, 7) is 2.01. The van der Waals surface area contributed by atoms with Gasteiger partial charge in [0.05, 0.1) is 18.8 Å². The van der Waals surface area contributed by atoms with Gasteiger partial charge in [0.25, 0.3) is 0 Å². The zero-order valence-electron chi connectivity index (χ0n) is 10.1. The van der Waals surface area contributed by atoms with Crippen LogP contribution in [0.5, 0.6) is 5.75 Å². The van der Waals surface area contributed by atoms with Gasteiger partial charge in [-0.2, -0.15) is 4.68 Å². The lowest BCUT2D eigenvalue weighted by atomic mass is 10.2. The van der Waals surface area contributed by atoms with Crippen LogP contribution in [0.15, 0.2) is 24.3 Å². The van der Waals surface area contributed by atoms with Gasteiger partial charge in [-0.3, -0.25) is 0 Å². The number of aromatic nitrogens is 4. The Morgan fingerprint density at radius 1 is 1.29 bits per heavy atom. The Morgan fingerprint density at radius 2 is 2.00 bits per heavy atom. The van der Waals surface area contributed by atoms with E-state index in [0.29, 0.717) is 0 Å². The van der Waals surface area contributed by atoms with E-state index < -0.39 is 0 Å². The molecule has 1 aromatic heterocycles. The molecule has 0 aliphatic carbocycles. The molecular formula is C11H15N5O. The minimum absolute atomic E-state index is 0.0899. The van der Waals surface area contributed by atoms with Crippen molar-refractivity contribution in [3.05, 3.63) is 30.1 Å². The molecule has 6 nitrogen and oxygen atoms in total. The average Bonchev–Trinajstić information content (AvgIpc) is 2.87. The second-order valence-electron chi connectivity index (χ2n) is 3.66. The molecule has 0 saturated carbocycles. The molecule has 2 aromatic rings. The Bertz CT molecular complexity index is 479. The third-order valence-electron chi connectivity index (χ3n) is 2.63. The predicted molar refractivity (Wildman–Crippen MR) is 63.2 cm³/mol. The average molecular weight is 233 g/mol. The van der Waals surface area contributed by atoms with Gasteiger partial charge in [0.2, 0.25) is 0 Å². The van der Waals surface area contributed by atoms with Crippen LogP contribution in [0.4, 0.5) is 0 Å². The summed E-state index contributed by atoms with van der Waals surface area (Å²) in [4.78, 5) is 0. The summed E-state index contributed by atoms with van der Waals surface area (Å²) in [5, 5.41) is 14.8. The first kappa shape index (κ1) is 11.5. The highest BCUT2D eigenvalue weighted by Crippen LogP contribution is 2.17.